The third-order valence-corrected chi connectivity index (χ3v) is 5.24. The summed E-state index contributed by atoms with van der Waals surface area (Å²) in [7, 11) is 0. The molecule has 0 spiro atoms. The van der Waals surface area contributed by atoms with Crippen LogP contribution in [0.1, 0.15) is 48.9 Å². The molecule has 21 heavy (non-hydrogen) atoms. The lowest BCUT2D eigenvalue weighted by molar-refractivity contribution is -0.504. The number of carboxylic acid groups (broad SMARTS) is 1. The zero-order chi connectivity index (χ0) is 15.0. The minimum absolute atomic E-state index is 0.0126. The first-order chi connectivity index (χ1) is 9.93. The van der Waals surface area contributed by atoms with Crippen LogP contribution in [0.3, 0.4) is 0 Å². The highest BCUT2D eigenvalue weighted by Crippen LogP contribution is 2.53. The first-order valence-corrected chi connectivity index (χ1v) is 7.76. The van der Waals surface area contributed by atoms with Crippen molar-refractivity contribution in [1.29, 1.82) is 0 Å². The van der Waals surface area contributed by atoms with Crippen molar-refractivity contribution in [3.05, 3.63) is 35.6 Å². The van der Waals surface area contributed by atoms with E-state index in [9.17, 15) is 14.3 Å². The van der Waals surface area contributed by atoms with Crippen molar-refractivity contribution in [3.63, 3.8) is 0 Å². The van der Waals surface area contributed by atoms with Crippen LogP contribution < -0.4 is 10.8 Å². The topological polar surface area (TPSA) is 67.8 Å². The summed E-state index contributed by atoms with van der Waals surface area (Å²) >= 11 is 0. The maximum Gasteiger partial charge on any atom is 0.123 e. The van der Waals surface area contributed by atoms with E-state index < -0.39 is 11.8 Å². The molecule has 0 radical (unpaired) electrons. The summed E-state index contributed by atoms with van der Waals surface area (Å²) in [6, 6.07) is 4.46. The monoisotopic (exact) mass is 291 g/mol. The predicted molar refractivity (Wildman–Crippen MR) is 74.5 cm³/mol. The predicted octanol–water partition coefficient (Wildman–Crippen LogP) is 1.39. The van der Waals surface area contributed by atoms with Crippen LogP contribution in [0.2, 0.25) is 0 Å². The maximum atomic E-state index is 12.1. The van der Waals surface area contributed by atoms with Crippen LogP contribution in [0.25, 0.3) is 0 Å². The minimum Gasteiger partial charge on any atom is -0.545 e. The molecule has 0 atom stereocenters. The molecule has 1 aromatic rings. The highest BCUT2D eigenvalue weighted by molar-refractivity contribution is 5.85. The van der Waals surface area contributed by atoms with E-state index >= 15 is 0 Å². The van der Waals surface area contributed by atoms with Crippen LogP contribution in [0, 0.1) is 23.6 Å². The zero-order valence-corrected chi connectivity index (χ0v) is 12.2. The van der Waals surface area contributed by atoms with Crippen LogP contribution in [0.5, 0.6) is 0 Å². The van der Waals surface area contributed by atoms with E-state index in [1.165, 1.54) is 19.3 Å². The van der Waals surface area contributed by atoms with Crippen LogP contribution in [-0.2, 0) is 0 Å². The summed E-state index contributed by atoms with van der Waals surface area (Å²) in [5.74, 6) is 1.50. The van der Waals surface area contributed by atoms with E-state index in [0.29, 0.717) is 5.54 Å². The van der Waals surface area contributed by atoms with Crippen molar-refractivity contribution in [2.45, 2.75) is 44.1 Å². The van der Waals surface area contributed by atoms with Crippen molar-refractivity contribution < 1.29 is 20.0 Å². The average Bonchev–Trinajstić information content (AvgIpc) is 2.36. The lowest BCUT2D eigenvalue weighted by Crippen LogP contribution is -2.77. The van der Waals surface area contributed by atoms with Gasteiger partial charge in [0.05, 0.1) is 11.5 Å². The summed E-state index contributed by atoms with van der Waals surface area (Å²) in [5, 5.41) is 10.1. The molecule has 3 N–H and O–H groups in total. The van der Waals surface area contributed by atoms with E-state index in [4.69, 9.17) is 0 Å². The molecule has 4 bridgehead atoms. The van der Waals surface area contributed by atoms with E-state index in [1.54, 1.807) is 19.3 Å². The average molecular weight is 291 g/mol. The first-order valence-electron chi connectivity index (χ1n) is 7.76. The van der Waals surface area contributed by atoms with Gasteiger partial charge in [-0.15, -0.1) is 0 Å². The third kappa shape index (κ3) is 3.26. The number of quaternary nitrogens is 1. The molecule has 0 amide bonds. The Morgan fingerprint density at radius 1 is 1.05 bits per heavy atom. The Morgan fingerprint density at radius 2 is 1.48 bits per heavy atom. The molecule has 0 aliphatic heterocycles. The second kappa shape index (κ2) is 5.41. The quantitative estimate of drug-likeness (QED) is 0.849. The SMILES string of the molecule is O=C([O-])c1ccc(F)cc1.[NH3+]C12CC3CC(CC(C3)C1)C2. The van der Waals surface area contributed by atoms with Crippen LogP contribution in [-0.4, -0.2) is 11.5 Å². The van der Waals surface area contributed by atoms with Gasteiger partial charge < -0.3 is 15.6 Å². The molecule has 4 saturated carbocycles. The normalized spacial score (nSPS) is 36.0. The first kappa shape index (κ1) is 14.5. The summed E-state index contributed by atoms with van der Waals surface area (Å²) in [6.45, 7) is 0. The molecule has 0 aromatic heterocycles. The van der Waals surface area contributed by atoms with Gasteiger partial charge in [0.25, 0.3) is 0 Å². The number of benzene rings is 1. The molecule has 4 fully saturated rings. The van der Waals surface area contributed by atoms with Crippen LogP contribution in [0.15, 0.2) is 24.3 Å². The molecule has 0 heterocycles. The molecule has 0 saturated heterocycles. The van der Waals surface area contributed by atoms with E-state index in [0.717, 1.165) is 42.0 Å². The van der Waals surface area contributed by atoms with Gasteiger partial charge in [-0.1, -0.05) is 12.1 Å². The highest BCUT2D eigenvalue weighted by Gasteiger charge is 2.51. The molecule has 1 aromatic carbocycles. The molecular formula is C17H22FNO2. The molecule has 5 rings (SSSR count). The highest BCUT2D eigenvalue weighted by atomic mass is 19.1. The Balaban J connectivity index is 0.000000127. The molecule has 4 heteroatoms. The second-order valence-corrected chi connectivity index (χ2v) is 7.21. The van der Waals surface area contributed by atoms with E-state index in [-0.39, 0.29) is 5.56 Å². The summed E-state index contributed by atoms with van der Waals surface area (Å²) in [6.07, 6.45) is 9.02. The molecule has 114 valence electrons. The fourth-order valence-corrected chi connectivity index (χ4v) is 4.88. The Hall–Kier alpha value is -1.42. The number of carboxylic acids is 1. The van der Waals surface area contributed by atoms with E-state index in [1.807, 2.05) is 0 Å². The van der Waals surface area contributed by atoms with Gasteiger partial charge in [-0.2, -0.15) is 0 Å². The zero-order valence-electron chi connectivity index (χ0n) is 12.2. The number of hydrogen-bond donors (Lipinski definition) is 1. The number of rotatable bonds is 1. The fourth-order valence-electron chi connectivity index (χ4n) is 4.88. The van der Waals surface area contributed by atoms with Crippen molar-refractivity contribution in [1.82, 2.24) is 0 Å². The van der Waals surface area contributed by atoms with Crippen molar-refractivity contribution in [2.24, 2.45) is 17.8 Å². The van der Waals surface area contributed by atoms with Crippen LogP contribution >= 0.6 is 0 Å². The number of carbonyl (C=O) groups excluding carboxylic acids is 1. The standard InChI is InChI=1S/C10H17N.C7H5FO2/c11-10-4-7-1-8(5-10)3-9(2-7)6-10;8-6-3-1-5(2-4-6)7(9)10/h7-9H,1-6,11H2;1-4H,(H,9,10). The van der Waals surface area contributed by atoms with Crippen molar-refractivity contribution >= 4 is 5.97 Å². The van der Waals surface area contributed by atoms with Gasteiger partial charge in [-0.05, 0) is 54.7 Å². The summed E-state index contributed by atoms with van der Waals surface area (Å²) in [4.78, 5) is 10.1. The molecule has 4 aliphatic rings. The van der Waals surface area contributed by atoms with Gasteiger partial charge in [0, 0.05) is 19.3 Å². The maximum absolute atomic E-state index is 12.1. The van der Waals surface area contributed by atoms with Gasteiger partial charge >= 0.3 is 0 Å². The van der Waals surface area contributed by atoms with E-state index in [2.05, 4.69) is 5.73 Å². The van der Waals surface area contributed by atoms with Gasteiger partial charge in [-0.25, -0.2) is 4.39 Å². The summed E-state index contributed by atoms with van der Waals surface area (Å²) in [5.41, 5.74) is 4.97. The van der Waals surface area contributed by atoms with Crippen molar-refractivity contribution in [3.8, 4) is 0 Å². The molecule has 0 unspecified atom stereocenters. The smallest absolute Gasteiger partial charge is 0.123 e. The Morgan fingerprint density at radius 3 is 1.81 bits per heavy atom. The number of aromatic carboxylic acids is 1. The number of hydrogen-bond acceptors (Lipinski definition) is 2. The fraction of sp³-hybridized carbons (Fsp3) is 0.588. The lowest BCUT2D eigenvalue weighted by atomic mass is 9.53. The number of halogens is 1. The van der Waals surface area contributed by atoms with Gasteiger partial charge in [-0.3, -0.25) is 0 Å². The molecule has 4 aliphatic carbocycles. The lowest BCUT2D eigenvalue weighted by Gasteiger charge is -2.52. The van der Waals surface area contributed by atoms with Crippen LogP contribution in [0.4, 0.5) is 4.39 Å². The van der Waals surface area contributed by atoms with Gasteiger partial charge in [0.2, 0.25) is 0 Å². The largest absolute Gasteiger partial charge is 0.545 e. The second-order valence-electron chi connectivity index (χ2n) is 7.21. The number of carbonyl (C=O) groups is 1. The minimum atomic E-state index is -1.29. The molecule has 3 nitrogen and oxygen atoms in total. The Kier molecular flexibility index (Phi) is 3.74. The van der Waals surface area contributed by atoms with Crippen molar-refractivity contribution in [2.75, 3.05) is 0 Å². The Bertz CT molecular complexity index is 491. The van der Waals surface area contributed by atoms with Gasteiger partial charge in [0.15, 0.2) is 0 Å². The van der Waals surface area contributed by atoms with Gasteiger partial charge in [0.1, 0.15) is 5.82 Å². The third-order valence-electron chi connectivity index (χ3n) is 5.24. The molecular weight excluding hydrogens is 269 g/mol. The summed E-state index contributed by atoms with van der Waals surface area (Å²) < 4.78 is 12.1. The Labute approximate surface area is 124 Å².